The lowest BCUT2D eigenvalue weighted by atomic mass is 9.83. The third-order valence-electron chi connectivity index (χ3n) is 2.17. The van der Waals surface area contributed by atoms with E-state index in [9.17, 15) is 8.42 Å². The summed E-state index contributed by atoms with van der Waals surface area (Å²) in [6, 6.07) is 7.76. The zero-order chi connectivity index (χ0) is 12.5. The van der Waals surface area contributed by atoms with Crippen LogP contribution in [0.15, 0.2) is 47.6 Å². The third kappa shape index (κ3) is 2.23. The normalized spacial score (nSPS) is 11.4. The summed E-state index contributed by atoms with van der Waals surface area (Å²) >= 11 is 0. The number of hydrogen-bond acceptors (Lipinski definition) is 5. The Hall–Kier alpha value is -1.64. The molecule has 2 rings (SSSR count). The van der Waals surface area contributed by atoms with Crippen LogP contribution < -0.4 is 5.46 Å². The Morgan fingerprint density at radius 1 is 1.18 bits per heavy atom. The molecule has 0 bridgehead atoms. The van der Waals surface area contributed by atoms with Gasteiger partial charge in [-0.1, -0.05) is 18.2 Å². The lowest BCUT2D eigenvalue weighted by molar-refractivity contribution is 0.426. The zero-order valence-electron chi connectivity index (χ0n) is 8.63. The van der Waals surface area contributed by atoms with Crippen molar-refractivity contribution in [1.82, 2.24) is 9.19 Å². The van der Waals surface area contributed by atoms with Gasteiger partial charge < -0.3 is 10.0 Å². The van der Waals surface area contributed by atoms with Crippen molar-refractivity contribution >= 4 is 22.6 Å². The molecule has 1 heterocycles. The second-order valence-corrected chi connectivity index (χ2v) is 5.13. The highest BCUT2D eigenvalue weighted by Crippen LogP contribution is 2.10. The van der Waals surface area contributed by atoms with Crippen molar-refractivity contribution in [3.63, 3.8) is 0 Å². The number of aromatic nitrogens is 2. The fourth-order valence-electron chi connectivity index (χ4n) is 1.28. The number of hydrogen-bond donors (Lipinski definition) is 2. The van der Waals surface area contributed by atoms with Crippen LogP contribution in [0.2, 0.25) is 0 Å². The molecule has 6 nitrogen and oxygen atoms in total. The number of benzene rings is 1. The summed E-state index contributed by atoms with van der Waals surface area (Å²) in [5, 5.41) is 21.4. The molecule has 1 aromatic carbocycles. The van der Waals surface area contributed by atoms with Crippen LogP contribution >= 0.6 is 0 Å². The summed E-state index contributed by atoms with van der Waals surface area (Å²) in [7, 11) is -5.51. The van der Waals surface area contributed by atoms with Crippen molar-refractivity contribution in [3.05, 3.63) is 42.7 Å². The molecule has 88 valence electrons. The van der Waals surface area contributed by atoms with Gasteiger partial charge in [-0.25, -0.2) is 0 Å². The molecule has 17 heavy (non-hydrogen) atoms. The topological polar surface area (TPSA) is 92.4 Å². The van der Waals surface area contributed by atoms with Gasteiger partial charge in [0.15, 0.2) is 0 Å². The fourth-order valence-corrected chi connectivity index (χ4v) is 2.43. The lowest BCUT2D eigenvalue weighted by Gasteiger charge is -2.03. The van der Waals surface area contributed by atoms with E-state index in [4.69, 9.17) is 10.0 Å². The molecule has 0 atom stereocenters. The monoisotopic (exact) mass is 252 g/mol. The van der Waals surface area contributed by atoms with E-state index in [0.29, 0.717) is 4.09 Å². The van der Waals surface area contributed by atoms with E-state index in [0.717, 1.165) is 12.4 Å². The predicted molar refractivity (Wildman–Crippen MR) is 61.1 cm³/mol. The molecule has 0 unspecified atom stereocenters. The summed E-state index contributed by atoms with van der Waals surface area (Å²) in [5.74, 6) is 0. The summed E-state index contributed by atoms with van der Waals surface area (Å²) in [6.45, 7) is 0. The minimum atomic E-state index is -3.77. The van der Waals surface area contributed by atoms with E-state index in [-0.39, 0.29) is 10.4 Å². The van der Waals surface area contributed by atoms with Gasteiger partial charge in [-0.15, -0.1) is 0 Å². The molecule has 8 heteroatoms. The van der Waals surface area contributed by atoms with E-state index >= 15 is 0 Å². The number of nitrogens with zero attached hydrogens (tertiary/aromatic N) is 2. The zero-order valence-corrected chi connectivity index (χ0v) is 9.45. The van der Waals surface area contributed by atoms with Gasteiger partial charge >= 0.3 is 7.12 Å². The Labute approximate surface area is 98.3 Å². The van der Waals surface area contributed by atoms with E-state index < -0.39 is 17.1 Å². The second-order valence-electron chi connectivity index (χ2n) is 3.34. The first kappa shape index (κ1) is 11.8. The average Bonchev–Trinajstić information content (AvgIpc) is 2.80. The largest absolute Gasteiger partial charge is 0.491 e. The van der Waals surface area contributed by atoms with E-state index in [2.05, 4.69) is 5.10 Å². The molecule has 0 spiro atoms. The molecule has 0 aliphatic heterocycles. The Bertz CT molecular complexity index is 609. The summed E-state index contributed by atoms with van der Waals surface area (Å²) in [4.78, 5) is 0.0853. The minimum Gasteiger partial charge on any atom is -0.423 e. The van der Waals surface area contributed by atoms with E-state index in [1.807, 2.05) is 0 Å². The number of rotatable bonds is 3. The Balaban J connectivity index is 2.46. The maximum atomic E-state index is 12.0. The van der Waals surface area contributed by atoms with Crippen molar-refractivity contribution in [2.45, 2.75) is 4.90 Å². The van der Waals surface area contributed by atoms with E-state index in [1.54, 1.807) is 18.2 Å². The molecule has 0 aliphatic rings. The molecular weight excluding hydrogens is 243 g/mol. The van der Waals surface area contributed by atoms with Crippen molar-refractivity contribution in [1.29, 1.82) is 0 Å². The van der Waals surface area contributed by atoms with E-state index in [1.165, 1.54) is 12.1 Å². The van der Waals surface area contributed by atoms with Gasteiger partial charge in [0, 0.05) is 17.9 Å². The molecule has 2 N–H and O–H groups in total. The lowest BCUT2D eigenvalue weighted by Crippen LogP contribution is -2.28. The summed E-state index contributed by atoms with van der Waals surface area (Å²) in [5.41, 5.74) is 0.0181. The van der Waals surface area contributed by atoms with Crippen LogP contribution in [0.4, 0.5) is 0 Å². The SMILES string of the molecule is O=S(=O)(c1ccccc1)n1cc(B(O)O)cn1. The van der Waals surface area contributed by atoms with Crippen LogP contribution in [0.25, 0.3) is 0 Å². The Morgan fingerprint density at radius 2 is 1.82 bits per heavy atom. The van der Waals surface area contributed by atoms with Crippen molar-refractivity contribution < 1.29 is 18.5 Å². The highest BCUT2D eigenvalue weighted by molar-refractivity contribution is 7.89. The van der Waals surface area contributed by atoms with Gasteiger partial charge in [0.2, 0.25) is 0 Å². The molecule has 0 saturated heterocycles. The van der Waals surface area contributed by atoms with Gasteiger partial charge in [0.25, 0.3) is 10.0 Å². The predicted octanol–water partition coefficient (Wildman–Crippen LogP) is -1.20. The van der Waals surface area contributed by atoms with Crippen molar-refractivity contribution in [3.8, 4) is 0 Å². The third-order valence-corrected chi connectivity index (χ3v) is 3.73. The van der Waals surface area contributed by atoms with Crippen LogP contribution in [-0.2, 0) is 10.0 Å². The molecule has 0 saturated carbocycles. The van der Waals surface area contributed by atoms with Crippen LogP contribution in [0.1, 0.15) is 0 Å². The Kier molecular flexibility index (Phi) is 3.01. The fraction of sp³-hybridized carbons (Fsp3) is 0. The van der Waals surface area contributed by atoms with Crippen LogP contribution in [0, 0.1) is 0 Å². The Morgan fingerprint density at radius 3 is 2.35 bits per heavy atom. The quantitative estimate of drug-likeness (QED) is 0.669. The maximum Gasteiger partial charge on any atom is 0.491 e. The van der Waals surface area contributed by atoms with Crippen LogP contribution in [0.5, 0.6) is 0 Å². The smallest absolute Gasteiger partial charge is 0.423 e. The summed E-state index contributed by atoms with van der Waals surface area (Å²) in [6.07, 6.45) is 2.15. The van der Waals surface area contributed by atoms with Crippen molar-refractivity contribution in [2.75, 3.05) is 0 Å². The molecule has 0 amide bonds. The summed E-state index contributed by atoms with van der Waals surface area (Å²) < 4.78 is 24.7. The van der Waals surface area contributed by atoms with Crippen LogP contribution in [0.3, 0.4) is 0 Å². The standard InChI is InChI=1S/C9H9BN2O4S/c13-10(14)8-6-11-12(7-8)17(15,16)9-4-2-1-3-5-9/h1-7,13-14H. The molecule has 2 aromatic rings. The van der Waals surface area contributed by atoms with Crippen LogP contribution in [-0.4, -0.2) is 34.8 Å². The molecule has 0 fully saturated rings. The first-order valence-corrected chi connectivity index (χ1v) is 6.17. The first-order valence-electron chi connectivity index (χ1n) is 4.73. The average molecular weight is 252 g/mol. The van der Waals surface area contributed by atoms with Gasteiger partial charge in [-0.05, 0) is 12.1 Å². The second kappa shape index (κ2) is 4.32. The minimum absolute atomic E-state index is 0.0181. The first-order chi connectivity index (χ1) is 8.01. The van der Waals surface area contributed by atoms with Gasteiger partial charge in [-0.3, -0.25) is 0 Å². The molecule has 0 aliphatic carbocycles. The van der Waals surface area contributed by atoms with Gasteiger partial charge in [0.05, 0.1) is 4.90 Å². The molecule has 1 aromatic heterocycles. The highest BCUT2D eigenvalue weighted by atomic mass is 32.2. The highest BCUT2D eigenvalue weighted by Gasteiger charge is 2.20. The maximum absolute atomic E-state index is 12.0. The molecule has 0 radical (unpaired) electrons. The van der Waals surface area contributed by atoms with Gasteiger partial charge in [-0.2, -0.15) is 17.6 Å². The molecular formula is C9H9BN2O4S. The van der Waals surface area contributed by atoms with Gasteiger partial charge in [0.1, 0.15) is 0 Å². The van der Waals surface area contributed by atoms with Crippen molar-refractivity contribution in [2.24, 2.45) is 0 Å².